The maximum absolute atomic E-state index is 12.2. The first-order chi connectivity index (χ1) is 10.2. The van der Waals surface area contributed by atoms with Crippen LogP contribution in [0.2, 0.25) is 0 Å². The molecule has 1 aliphatic rings. The number of hydrogen-bond donors (Lipinski definition) is 2. The van der Waals surface area contributed by atoms with Gasteiger partial charge < -0.3 is 10.6 Å². The lowest BCUT2D eigenvalue weighted by Gasteiger charge is -2.26. The Labute approximate surface area is 128 Å². The minimum absolute atomic E-state index is 0.239. The van der Waals surface area contributed by atoms with Gasteiger partial charge in [0, 0.05) is 24.2 Å². The van der Waals surface area contributed by atoms with Crippen molar-refractivity contribution >= 4 is 11.6 Å². The third-order valence-electron chi connectivity index (χ3n) is 4.40. The molecule has 2 rings (SSSR count). The van der Waals surface area contributed by atoms with Crippen molar-refractivity contribution in [2.24, 2.45) is 11.8 Å². The second kappa shape index (κ2) is 8.06. The van der Waals surface area contributed by atoms with Crippen molar-refractivity contribution in [2.45, 2.75) is 52.0 Å². The Bertz CT molecular complexity index is 424. The number of benzene rings is 1. The molecule has 1 saturated carbocycles. The number of anilines is 1. The van der Waals surface area contributed by atoms with Crippen molar-refractivity contribution in [1.82, 2.24) is 5.32 Å². The summed E-state index contributed by atoms with van der Waals surface area (Å²) in [6.45, 7) is 5.07. The predicted octanol–water partition coefficient (Wildman–Crippen LogP) is 3.82. The Hall–Kier alpha value is -1.51. The molecule has 1 fully saturated rings. The first-order valence-electron chi connectivity index (χ1n) is 8.26. The molecule has 116 valence electrons. The molecule has 21 heavy (non-hydrogen) atoms. The van der Waals surface area contributed by atoms with Crippen molar-refractivity contribution in [3.8, 4) is 0 Å². The first-order valence-corrected chi connectivity index (χ1v) is 8.26. The van der Waals surface area contributed by atoms with Crippen molar-refractivity contribution < 1.29 is 4.79 Å². The average Bonchev–Trinajstić information content (AvgIpc) is 2.52. The van der Waals surface area contributed by atoms with Crippen molar-refractivity contribution in [2.75, 3.05) is 11.9 Å². The molecular formula is C18H28N2O. The number of para-hydroxylation sites is 1. The van der Waals surface area contributed by atoms with Crippen LogP contribution < -0.4 is 10.6 Å². The van der Waals surface area contributed by atoms with Crippen LogP contribution in [-0.4, -0.2) is 18.5 Å². The standard InChI is InChI=1S/C18H28N2O/c1-14(2)17(20-16-11-7-4-8-12-16)13-19-18(21)15-9-5-3-6-10-15/h4,7-8,11-12,14-15,17,20H,3,5-6,9-10,13H2,1-2H3,(H,19,21). The molecule has 0 saturated heterocycles. The summed E-state index contributed by atoms with van der Waals surface area (Å²) in [6.07, 6.45) is 5.81. The van der Waals surface area contributed by atoms with Crippen LogP contribution in [0.4, 0.5) is 5.69 Å². The SMILES string of the molecule is CC(C)C(CNC(=O)C1CCCCC1)Nc1ccccc1. The predicted molar refractivity (Wildman–Crippen MR) is 88.3 cm³/mol. The molecule has 1 aromatic carbocycles. The Kier molecular flexibility index (Phi) is 6.09. The normalized spacial score (nSPS) is 17.5. The maximum atomic E-state index is 12.2. The van der Waals surface area contributed by atoms with E-state index in [1.165, 1.54) is 19.3 Å². The smallest absolute Gasteiger partial charge is 0.223 e. The van der Waals surface area contributed by atoms with E-state index in [-0.39, 0.29) is 17.9 Å². The van der Waals surface area contributed by atoms with Gasteiger partial charge in [-0.2, -0.15) is 0 Å². The molecule has 1 aromatic rings. The topological polar surface area (TPSA) is 41.1 Å². The Balaban J connectivity index is 1.83. The van der Waals surface area contributed by atoms with Crippen LogP contribution >= 0.6 is 0 Å². The molecule has 0 radical (unpaired) electrons. The lowest BCUT2D eigenvalue weighted by molar-refractivity contribution is -0.126. The van der Waals surface area contributed by atoms with Gasteiger partial charge in [0.25, 0.3) is 0 Å². The number of hydrogen-bond acceptors (Lipinski definition) is 2. The summed E-state index contributed by atoms with van der Waals surface area (Å²) in [7, 11) is 0. The third-order valence-corrected chi connectivity index (χ3v) is 4.40. The summed E-state index contributed by atoms with van der Waals surface area (Å²) < 4.78 is 0. The van der Waals surface area contributed by atoms with Crippen molar-refractivity contribution in [3.63, 3.8) is 0 Å². The minimum atomic E-state index is 0.239. The van der Waals surface area contributed by atoms with Gasteiger partial charge in [0.2, 0.25) is 5.91 Å². The summed E-state index contributed by atoms with van der Waals surface area (Å²) in [4.78, 5) is 12.2. The highest BCUT2D eigenvalue weighted by atomic mass is 16.1. The van der Waals surface area contributed by atoms with Gasteiger partial charge in [0.05, 0.1) is 0 Å². The molecule has 0 heterocycles. The number of carbonyl (C=O) groups excluding carboxylic acids is 1. The van der Waals surface area contributed by atoms with Gasteiger partial charge in [0.1, 0.15) is 0 Å². The number of amides is 1. The zero-order valence-corrected chi connectivity index (χ0v) is 13.3. The third kappa shape index (κ3) is 5.07. The van der Waals surface area contributed by atoms with Crippen LogP contribution in [0.15, 0.2) is 30.3 Å². The van der Waals surface area contributed by atoms with Gasteiger partial charge in [-0.25, -0.2) is 0 Å². The van der Waals surface area contributed by atoms with Crippen molar-refractivity contribution in [3.05, 3.63) is 30.3 Å². The van der Waals surface area contributed by atoms with E-state index in [2.05, 4.69) is 36.6 Å². The largest absolute Gasteiger partial charge is 0.380 e. The quantitative estimate of drug-likeness (QED) is 0.835. The highest BCUT2D eigenvalue weighted by Gasteiger charge is 2.22. The van der Waals surface area contributed by atoms with E-state index in [9.17, 15) is 4.79 Å². The summed E-state index contributed by atoms with van der Waals surface area (Å²) >= 11 is 0. The van der Waals surface area contributed by atoms with Crippen LogP contribution in [0.25, 0.3) is 0 Å². The molecule has 1 unspecified atom stereocenters. The van der Waals surface area contributed by atoms with E-state index in [1.807, 2.05) is 18.2 Å². The summed E-state index contributed by atoms with van der Waals surface area (Å²) in [5.74, 6) is 0.954. The monoisotopic (exact) mass is 288 g/mol. The van der Waals surface area contributed by atoms with E-state index in [1.54, 1.807) is 0 Å². The molecule has 1 atom stereocenters. The van der Waals surface area contributed by atoms with Crippen LogP contribution in [0.3, 0.4) is 0 Å². The number of carbonyl (C=O) groups is 1. The molecule has 0 aromatic heterocycles. The lowest BCUT2D eigenvalue weighted by atomic mass is 9.88. The van der Waals surface area contributed by atoms with Gasteiger partial charge in [0.15, 0.2) is 0 Å². The highest BCUT2D eigenvalue weighted by molar-refractivity contribution is 5.78. The van der Waals surface area contributed by atoms with E-state index in [0.29, 0.717) is 12.5 Å². The lowest BCUT2D eigenvalue weighted by Crippen LogP contribution is -2.42. The molecule has 3 heteroatoms. The Morgan fingerprint density at radius 1 is 1.14 bits per heavy atom. The van der Waals surface area contributed by atoms with Gasteiger partial charge in [-0.05, 0) is 30.9 Å². The Morgan fingerprint density at radius 3 is 2.43 bits per heavy atom. The van der Waals surface area contributed by atoms with E-state index >= 15 is 0 Å². The number of nitrogens with one attached hydrogen (secondary N) is 2. The second-order valence-electron chi connectivity index (χ2n) is 6.44. The van der Waals surface area contributed by atoms with Crippen LogP contribution in [0, 0.1) is 11.8 Å². The van der Waals surface area contributed by atoms with E-state index in [4.69, 9.17) is 0 Å². The molecule has 0 bridgehead atoms. The summed E-state index contributed by atoms with van der Waals surface area (Å²) in [5, 5.41) is 6.67. The van der Waals surface area contributed by atoms with Crippen LogP contribution in [0.1, 0.15) is 46.0 Å². The fourth-order valence-corrected chi connectivity index (χ4v) is 2.92. The zero-order chi connectivity index (χ0) is 15.1. The Morgan fingerprint density at radius 2 is 1.81 bits per heavy atom. The van der Waals surface area contributed by atoms with Gasteiger partial charge in [-0.15, -0.1) is 0 Å². The second-order valence-corrected chi connectivity index (χ2v) is 6.44. The van der Waals surface area contributed by atoms with Gasteiger partial charge in [-0.3, -0.25) is 4.79 Å². The van der Waals surface area contributed by atoms with Crippen LogP contribution in [-0.2, 0) is 4.79 Å². The molecule has 0 spiro atoms. The minimum Gasteiger partial charge on any atom is -0.380 e. The van der Waals surface area contributed by atoms with E-state index in [0.717, 1.165) is 18.5 Å². The van der Waals surface area contributed by atoms with Gasteiger partial charge >= 0.3 is 0 Å². The molecule has 1 aliphatic carbocycles. The molecule has 0 aliphatic heterocycles. The summed E-state index contributed by atoms with van der Waals surface area (Å²) in [6, 6.07) is 10.5. The molecule has 3 nitrogen and oxygen atoms in total. The fraction of sp³-hybridized carbons (Fsp3) is 0.611. The van der Waals surface area contributed by atoms with Crippen LogP contribution in [0.5, 0.6) is 0 Å². The molecular weight excluding hydrogens is 260 g/mol. The summed E-state index contributed by atoms with van der Waals surface area (Å²) in [5.41, 5.74) is 1.11. The van der Waals surface area contributed by atoms with Gasteiger partial charge in [-0.1, -0.05) is 51.3 Å². The zero-order valence-electron chi connectivity index (χ0n) is 13.3. The average molecular weight is 288 g/mol. The highest BCUT2D eigenvalue weighted by Crippen LogP contribution is 2.23. The van der Waals surface area contributed by atoms with Crippen molar-refractivity contribution in [1.29, 1.82) is 0 Å². The maximum Gasteiger partial charge on any atom is 0.223 e. The van der Waals surface area contributed by atoms with E-state index < -0.39 is 0 Å². The molecule has 1 amide bonds. The fourth-order valence-electron chi connectivity index (χ4n) is 2.92. The number of rotatable bonds is 6. The first kappa shape index (κ1) is 15.9. The molecule has 2 N–H and O–H groups in total.